The van der Waals surface area contributed by atoms with E-state index in [0.717, 1.165) is 13.1 Å². The average Bonchev–Trinajstić information content (AvgIpc) is 2.39. The molecule has 0 unspecified atom stereocenters. The van der Waals surface area contributed by atoms with Gasteiger partial charge in [-0.3, -0.25) is 0 Å². The Hall–Kier alpha value is -1.96. The van der Waals surface area contributed by atoms with Gasteiger partial charge in [0.1, 0.15) is 5.75 Å². The van der Waals surface area contributed by atoms with Crippen molar-refractivity contribution in [3.05, 3.63) is 59.7 Å². The lowest BCUT2D eigenvalue weighted by Crippen LogP contribution is -2.21. The molecule has 0 amide bonds. The monoisotopic (exact) mass is 241 g/mol. The van der Waals surface area contributed by atoms with Crippen molar-refractivity contribution in [3.8, 4) is 5.75 Å². The van der Waals surface area contributed by atoms with Crippen molar-refractivity contribution in [3.63, 3.8) is 0 Å². The smallest absolute Gasteiger partial charge is 0.115 e. The number of phenolic OH excluding ortho intramolecular Hbond substituents is 1. The summed E-state index contributed by atoms with van der Waals surface area (Å²) in [5, 5.41) is 9.28. The highest BCUT2D eigenvalue weighted by Gasteiger charge is 2.04. The van der Waals surface area contributed by atoms with E-state index in [1.165, 1.54) is 16.8 Å². The number of nitrogens with zero attached hydrogens (tertiary/aromatic N) is 1. The van der Waals surface area contributed by atoms with Crippen LogP contribution in [-0.2, 0) is 6.54 Å². The Kier molecular flexibility index (Phi) is 3.88. The van der Waals surface area contributed by atoms with Gasteiger partial charge in [-0.1, -0.05) is 29.8 Å². The highest BCUT2D eigenvalue weighted by Crippen LogP contribution is 2.18. The highest BCUT2D eigenvalue weighted by atomic mass is 16.3. The maximum atomic E-state index is 9.28. The van der Waals surface area contributed by atoms with Crippen LogP contribution < -0.4 is 4.90 Å². The second kappa shape index (κ2) is 5.58. The fourth-order valence-electron chi connectivity index (χ4n) is 1.96. The van der Waals surface area contributed by atoms with Gasteiger partial charge in [0.25, 0.3) is 0 Å². The fraction of sp³-hybridized carbons (Fsp3) is 0.250. The zero-order valence-corrected chi connectivity index (χ0v) is 10.9. The van der Waals surface area contributed by atoms with Crippen molar-refractivity contribution >= 4 is 5.69 Å². The SMILES string of the molecule is CCN(Cc1ccc(O)cc1)c1ccc(C)cc1. The normalized spacial score (nSPS) is 10.3. The Balaban J connectivity index is 2.14. The van der Waals surface area contributed by atoms with Crippen LogP contribution in [0.15, 0.2) is 48.5 Å². The molecule has 0 fully saturated rings. The molecular formula is C16H19NO. The Labute approximate surface area is 109 Å². The lowest BCUT2D eigenvalue weighted by atomic mass is 10.1. The molecule has 0 saturated heterocycles. The van der Waals surface area contributed by atoms with Crippen LogP contribution in [0.4, 0.5) is 5.69 Å². The molecule has 2 nitrogen and oxygen atoms in total. The van der Waals surface area contributed by atoms with Crippen LogP contribution in [-0.4, -0.2) is 11.7 Å². The predicted molar refractivity (Wildman–Crippen MR) is 76.0 cm³/mol. The minimum absolute atomic E-state index is 0.317. The number of aryl methyl sites for hydroxylation is 1. The molecule has 0 aliphatic rings. The molecule has 2 aromatic carbocycles. The molecule has 0 spiro atoms. The Morgan fingerprint density at radius 2 is 1.56 bits per heavy atom. The summed E-state index contributed by atoms with van der Waals surface area (Å²) in [6.45, 7) is 6.07. The second-order valence-corrected chi connectivity index (χ2v) is 4.52. The molecule has 0 radical (unpaired) electrons. The van der Waals surface area contributed by atoms with Crippen LogP contribution in [0.5, 0.6) is 5.75 Å². The highest BCUT2D eigenvalue weighted by molar-refractivity contribution is 5.48. The van der Waals surface area contributed by atoms with Crippen molar-refractivity contribution in [2.75, 3.05) is 11.4 Å². The summed E-state index contributed by atoms with van der Waals surface area (Å²) in [5.74, 6) is 0.317. The fourth-order valence-corrected chi connectivity index (χ4v) is 1.96. The molecule has 94 valence electrons. The van der Waals surface area contributed by atoms with E-state index in [0.29, 0.717) is 5.75 Å². The van der Waals surface area contributed by atoms with Crippen molar-refractivity contribution in [1.82, 2.24) is 0 Å². The Morgan fingerprint density at radius 3 is 2.11 bits per heavy atom. The summed E-state index contributed by atoms with van der Waals surface area (Å²) in [4.78, 5) is 2.31. The first-order chi connectivity index (χ1) is 8.69. The molecule has 0 aliphatic carbocycles. The molecule has 1 N–H and O–H groups in total. The van der Waals surface area contributed by atoms with Crippen LogP contribution in [0.1, 0.15) is 18.1 Å². The first-order valence-electron chi connectivity index (χ1n) is 6.28. The van der Waals surface area contributed by atoms with Gasteiger partial charge in [0.15, 0.2) is 0 Å². The average molecular weight is 241 g/mol. The number of phenols is 1. The zero-order chi connectivity index (χ0) is 13.0. The van der Waals surface area contributed by atoms with E-state index in [-0.39, 0.29) is 0 Å². The molecule has 2 heteroatoms. The Bertz CT molecular complexity index is 488. The van der Waals surface area contributed by atoms with Crippen molar-refractivity contribution in [2.24, 2.45) is 0 Å². The van der Waals surface area contributed by atoms with Crippen LogP contribution in [0.3, 0.4) is 0 Å². The lowest BCUT2D eigenvalue weighted by Gasteiger charge is -2.23. The summed E-state index contributed by atoms with van der Waals surface area (Å²) in [6, 6.07) is 16.0. The molecule has 0 aliphatic heterocycles. The van der Waals surface area contributed by atoms with E-state index in [9.17, 15) is 5.11 Å². The third-order valence-corrected chi connectivity index (χ3v) is 3.09. The minimum Gasteiger partial charge on any atom is -0.508 e. The molecule has 18 heavy (non-hydrogen) atoms. The molecule has 0 atom stereocenters. The van der Waals surface area contributed by atoms with E-state index < -0.39 is 0 Å². The summed E-state index contributed by atoms with van der Waals surface area (Å²) in [6.07, 6.45) is 0. The van der Waals surface area contributed by atoms with Gasteiger partial charge in [0.2, 0.25) is 0 Å². The molecule has 0 heterocycles. The minimum atomic E-state index is 0.317. The van der Waals surface area contributed by atoms with Gasteiger partial charge in [-0.05, 0) is 43.7 Å². The molecule has 2 aromatic rings. The molecular weight excluding hydrogens is 222 g/mol. The van der Waals surface area contributed by atoms with Gasteiger partial charge in [0, 0.05) is 18.8 Å². The predicted octanol–water partition coefficient (Wildman–Crippen LogP) is 3.73. The Morgan fingerprint density at radius 1 is 0.944 bits per heavy atom. The summed E-state index contributed by atoms with van der Waals surface area (Å²) in [7, 11) is 0. The number of rotatable bonds is 4. The van der Waals surface area contributed by atoms with Gasteiger partial charge in [-0.25, -0.2) is 0 Å². The van der Waals surface area contributed by atoms with Crippen LogP contribution in [0.25, 0.3) is 0 Å². The zero-order valence-electron chi connectivity index (χ0n) is 10.9. The van der Waals surface area contributed by atoms with E-state index >= 15 is 0 Å². The number of anilines is 1. The summed E-state index contributed by atoms with van der Waals surface area (Å²) in [5.41, 5.74) is 3.71. The quantitative estimate of drug-likeness (QED) is 0.881. The summed E-state index contributed by atoms with van der Waals surface area (Å²) >= 11 is 0. The molecule has 0 bridgehead atoms. The number of hydrogen-bond donors (Lipinski definition) is 1. The van der Waals surface area contributed by atoms with Crippen LogP contribution >= 0.6 is 0 Å². The van der Waals surface area contributed by atoms with Crippen LogP contribution in [0.2, 0.25) is 0 Å². The lowest BCUT2D eigenvalue weighted by molar-refractivity contribution is 0.475. The second-order valence-electron chi connectivity index (χ2n) is 4.52. The van der Waals surface area contributed by atoms with E-state index in [1.807, 2.05) is 12.1 Å². The number of aromatic hydroxyl groups is 1. The van der Waals surface area contributed by atoms with Gasteiger partial charge < -0.3 is 10.0 Å². The topological polar surface area (TPSA) is 23.5 Å². The van der Waals surface area contributed by atoms with Crippen molar-refractivity contribution < 1.29 is 5.11 Å². The molecule has 0 aromatic heterocycles. The van der Waals surface area contributed by atoms with Crippen LogP contribution in [0, 0.1) is 6.92 Å². The first kappa shape index (κ1) is 12.5. The summed E-state index contributed by atoms with van der Waals surface area (Å²) < 4.78 is 0. The molecule has 2 rings (SSSR count). The van der Waals surface area contributed by atoms with Crippen molar-refractivity contribution in [1.29, 1.82) is 0 Å². The van der Waals surface area contributed by atoms with Crippen molar-refractivity contribution in [2.45, 2.75) is 20.4 Å². The van der Waals surface area contributed by atoms with Gasteiger partial charge >= 0.3 is 0 Å². The molecule has 0 saturated carbocycles. The van der Waals surface area contributed by atoms with E-state index in [1.54, 1.807) is 12.1 Å². The third kappa shape index (κ3) is 3.04. The largest absolute Gasteiger partial charge is 0.508 e. The third-order valence-electron chi connectivity index (χ3n) is 3.09. The van der Waals surface area contributed by atoms with Gasteiger partial charge in [-0.2, -0.15) is 0 Å². The first-order valence-corrected chi connectivity index (χ1v) is 6.28. The van der Waals surface area contributed by atoms with Gasteiger partial charge in [-0.15, -0.1) is 0 Å². The standard InChI is InChI=1S/C16H19NO/c1-3-17(15-8-4-13(2)5-9-15)12-14-6-10-16(18)11-7-14/h4-11,18H,3,12H2,1-2H3. The number of hydrogen-bond acceptors (Lipinski definition) is 2. The van der Waals surface area contributed by atoms with E-state index in [4.69, 9.17) is 0 Å². The maximum Gasteiger partial charge on any atom is 0.115 e. The maximum absolute atomic E-state index is 9.28. The van der Waals surface area contributed by atoms with E-state index in [2.05, 4.69) is 43.0 Å². The number of benzene rings is 2. The van der Waals surface area contributed by atoms with Gasteiger partial charge in [0.05, 0.1) is 0 Å².